The predicted molar refractivity (Wildman–Crippen MR) is 107 cm³/mol. The summed E-state index contributed by atoms with van der Waals surface area (Å²) in [6, 6.07) is 12.2. The highest BCUT2D eigenvalue weighted by molar-refractivity contribution is 5.99. The first-order valence-electron chi connectivity index (χ1n) is 9.55. The molecule has 1 aromatic heterocycles. The maximum absolute atomic E-state index is 10.3. The topological polar surface area (TPSA) is 58.5 Å². The second kappa shape index (κ2) is 8.03. The van der Waals surface area contributed by atoms with Crippen molar-refractivity contribution in [1.29, 1.82) is 0 Å². The van der Waals surface area contributed by atoms with Crippen LogP contribution in [0.3, 0.4) is 0 Å². The Kier molecular flexibility index (Phi) is 5.32. The summed E-state index contributed by atoms with van der Waals surface area (Å²) in [5, 5.41) is 12.4. The molecule has 1 unspecified atom stereocenters. The molecule has 1 saturated heterocycles. The summed E-state index contributed by atoms with van der Waals surface area (Å²) < 4.78 is 5.99. The SMILES string of the molecule is Cc1ncc(-c2ccc(OCC(O)CN3CCCC3)c3ccccc23)cn1. The number of likely N-dealkylation sites (tertiary alicyclic amines) is 1. The third-order valence-corrected chi connectivity index (χ3v) is 5.07. The molecule has 1 fully saturated rings. The Morgan fingerprint density at radius 2 is 1.74 bits per heavy atom. The lowest BCUT2D eigenvalue weighted by Gasteiger charge is -2.20. The molecule has 0 aliphatic carbocycles. The van der Waals surface area contributed by atoms with Crippen molar-refractivity contribution in [1.82, 2.24) is 14.9 Å². The van der Waals surface area contributed by atoms with E-state index < -0.39 is 6.10 Å². The average Bonchev–Trinajstić information content (AvgIpc) is 3.20. The summed E-state index contributed by atoms with van der Waals surface area (Å²) in [5.74, 6) is 1.55. The first-order valence-corrected chi connectivity index (χ1v) is 9.55. The summed E-state index contributed by atoms with van der Waals surface area (Å²) in [5.41, 5.74) is 2.06. The van der Waals surface area contributed by atoms with Crippen molar-refractivity contribution in [2.75, 3.05) is 26.2 Å². The Labute approximate surface area is 159 Å². The fourth-order valence-electron chi connectivity index (χ4n) is 3.68. The van der Waals surface area contributed by atoms with Gasteiger partial charge < -0.3 is 14.7 Å². The first-order chi connectivity index (χ1) is 13.2. The Morgan fingerprint density at radius 3 is 2.48 bits per heavy atom. The lowest BCUT2D eigenvalue weighted by Crippen LogP contribution is -2.33. The minimum atomic E-state index is -0.480. The van der Waals surface area contributed by atoms with Crippen LogP contribution in [0.25, 0.3) is 21.9 Å². The van der Waals surface area contributed by atoms with Gasteiger partial charge in [0.1, 0.15) is 24.3 Å². The van der Waals surface area contributed by atoms with E-state index in [1.807, 2.05) is 43.6 Å². The molecule has 2 heterocycles. The van der Waals surface area contributed by atoms with Gasteiger partial charge in [-0.15, -0.1) is 0 Å². The highest BCUT2D eigenvalue weighted by Gasteiger charge is 2.17. The normalized spacial score (nSPS) is 15.9. The van der Waals surface area contributed by atoms with Crippen molar-refractivity contribution < 1.29 is 9.84 Å². The molecule has 2 aromatic carbocycles. The Balaban J connectivity index is 1.55. The number of aliphatic hydroxyl groups excluding tert-OH is 1. The van der Waals surface area contributed by atoms with Crippen molar-refractivity contribution in [3.05, 3.63) is 54.6 Å². The van der Waals surface area contributed by atoms with Crippen LogP contribution < -0.4 is 4.74 Å². The van der Waals surface area contributed by atoms with Gasteiger partial charge in [0.25, 0.3) is 0 Å². The quantitative estimate of drug-likeness (QED) is 0.727. The second-order valence-electron chi connectivity index (χ2n) is 7.15. The van der Waals surface area contributed by atoms with Gasteiger partial charge in [-0.3, -0.25) is 0 Å². The molecular formula is C22H25N3O2. The summed E-state index contributed by atoms with van der Waals surface area (Å²) >= 11 is 0. The van der Waals surface area contributed by atoms with Crippen LogP contribution in [0.15, 0.2) is 48.8 Å². The van der Waals surface area contributed by atoms with Gasteiger partial charge in [0, 0.05) is 29.9 Å². The number of aromatic nitrogens is 2. The fraction of sp³-hybridized carbons (Fsp3) is 0.364. The number of aryl methyl sites for hydroxylation is 1. The Bertz CT molecular complexity index is 905. The smallest absolute Gasteiger partial charge is 0.127 e. The van der Waals surface area contributed by atoms with Crippen LogP contribution in [-0.2, 0) is 0 Å². The van der Waals surface area contributed by atoms with Crippen molar-refractivity contribution >= 4 is 10.8 Å². The molecule has 0 amide bonds. The van der Waals surface area contributed by atoms with Gasteiger partial charge in [-0.25, -0.2) is 9.97 Å². The third-order valence-electron chi connectivity index (χ3n) is 5.07. The zero-order valence-electron chi connectivity index (χ0n) is 15.6. The number of fused-ring (bicyclic) bond motifs is 1. The Hall–Kier alpha value is -2.50. The molecule has 1 aliphatic rings. The molecule has 0 bridgehead atoms. The predicted octanol–water partition coefficient (Wildman–Crippen LogP) is 3.44. The molecule has 1 aliphatic heterocycles. The summed E-state index contributed by atoms with van der Waals surface area (Å²) in [7, 11) is 0. The minimum absolute atomic E-state index is 0.299. The van der Waals surface area contributed by atoms with E-state index in [4.69, 9.17) is 4.74 Å². The van der Waals surface area contributed by atoms with Crippen LogP contribution >= 0.6 is 0 Å². The number of ether oxygens (including phenoxy) is 1. The lowest BCUT2D eigenvalue weighted by atomic mass is 9.99. The summed E-state index contributed by atoms with van der Waals surface area (Å²) in [4.78, 5) is 10.9. The van der Waals surface area contributed by atoms with E-state index >= 15 is 0 Å². The molecule has 4 rings (SSSR count). The van der Waals surface area contributed by atoms with Crippen LogP contribution in [0.4, 0.5) is 0 Å². The molecule has 0 saturated carbocycles. The van der Waals surface area contributed by atoms with Crippen LogP contribution in [0.2, 0.25) is 0 Å². The maximum atomic E-state index is 10.3. The van der Waals surface area contributed by atoms with Crippen LogP contribution in [0, 0.1) is 6.92 Å². The van der Waals surface area contributed by atoms with Gasteiger partial charge in [0.2, 0.25) is 0 Å². The molecule has 5 heteroatoms. The van der Waals surface area contributed by atoms with Gasteiger partial charge in [-0.05, 0) is 55.9 Å². The summed E-state index contributed by atoms with van der Waals surface area (Å²) in [6.45, 7) is 5.01. The molecule has 3 aromatic rings. The van der Waals surface area contributed by atoms with E-state index in [1.54, 1.807) is 0 Å². The molecule has 1 N–H and O–H groups in total. The van der Waals surface area contributed by atoms with Gasteiger partial charge >= 0.3 is 0 Å². The molecule has 1 atom stereocenters. The van der Waals surface area contributed by atoms with Gasteiger partial charge in [-0.2, -0.15) is 0 Å². The van der Waals surface area contributed by atoms with E-state index in [9.17, 15) is 5.11 Å². The fourth-order valence-corrected chi connectivity index (χ4v) is 3.68. The minimum Gasteiger partial charge on any atom is -0.490 e. The number of β-amino-alcohol motifs (C(OH)–C–C–N with tert-alkyl or cyclic N) is 1. The van der Waals surface area contributed by atoms with Crippen molar-refractivity contribution in [2.45, 2.75) is 25.9 Å². The number of hydrogen-bond acceptors (Lipinski definition) is 5. The first kappa shape index (κ1) is 17.9. The summed E-state index contributed by atoms with van der Waals surface area (Å²) in [6.07, 6.45) is 5.67. The van der Waals surface area contributed by atoms with Crippen LogP contribution in [0.1, 0.15) is 18.7 Å². The Morgan fingerprint density at radius 1 is 1.04 bits per heavy atom. The van der Waals surface area contributed by atoms with Gasteiger partial charge in [0.15, 0.2) is 0 Å². The molecule has 0 spiro atoms. The molecule has 0 radical (unpaired) electrons. The third kappa shape index (κ3) is 4.10. The van der Waals surface area contributed by atoms with E-state index in [2.05, 4.69) is 27.0 Å². The second-order valence-corrected chi connectivity index (χ2v) is 7.15. The zero-order valence-corrected chi connectivity index (χ0v) is 15.6. The van der Waals surface area contributed by atoms with E-state index in [1.165, 1.54) is 12.8 Å². The highest BCUT2D eigenvalue weighted by atomic mass is 16.5. The zero-order chi connectivity index (χ0) is 18.6. The van der Waals surface area contributed by atoms with Crippen molar-refractivity contribution in [3.63, 3.8) is 0 Å². The van der Waals surface area contributed by atoms with Crippen molar-refractivity contribution in [3.8, 4) is 16.9 Å². The van der Waals surface area contributed by atoms with Crippen LogP contribution in [0.5, 0.6) is 5.75 Å². The van der Waals surface area contributed by atoms with E-state index in [-0.39, 0.29) is 0 Å². The number of rotatable bonds is 6. The van der Waals surface area contributed by atoms with Crippen molar-refractivity contribution in [2.24, 2.45) is 0 Å². The van der Waals surface area contributed by atoms with Gasteiger partial charge in [0.05, 0.1) is 0 Å². The maximum Gasteiger partial charge on any atom is 0.127 e. The largest absolute Gasteiger partial charge is 0.490 e. The average molecular weight is 363 g/mol. The molecule has 5 nitrogen and oxygen atoms in total. The molecule has 27 heavy (non-hydrogen) atoms. The van der Waals surface area contributed by atoms with Crippen LogP contribution in [-0.4, -0.2) is 52.3 Å². The van der Waals surface area contributed by atoms with Gasteiger partial charge in [-0.1, -0.05) is 24.3 Å². The standard InChI is InChI=1S/C22H25N3O2/c1-16-23-12-17(13-24-16)19-8-9-22(21-7-3-2-6-20(19)21)27-15-18(26)14-25-10-4-5-11-25/h2-3,6-9,12-13,18,26H,4-5,10-11,14-15H2,1H3. The lowest BCUT2D eigenvalue weighted by molar-refractivity contribution is 0.0764. The number of aliphatic hydroxyl groups is 1. The highest BCUT2D eigenvalue weighted by Crippen LogP contribution is 2.34. The number of hydrogen-bond donors (Lipinski definition) is 1. The van der Waals surface area contributed by atoms with E-state index in [0.29, 0.717) is 13.2 Å². The molecule has 140 valence electrons. The monoisotopic (exact) mass is 363 g/mol. The number of benzene rings is 2. The van der Waals surface area contributed by atoms with E-state index in [0.717, 1.165) is 46.6 Å². The molecular weight excluding hydrogens is 338 g/mol. The number of nitrogens with zero attached hydrogens (tertiary/aromatic N) is 3.